The Labute approximate surface area is 77.2 Å². The van der Waals surface area contributed by atoms with E-state index >= 15 is 0 Å². The Morgan fingerprint density at radius 1 is 1.62 bits per heavy atom. The molecular formula is C6H6N4O2S. The molecule has 2 N–H and O–H groups in total. The molecule has 0 atom stereocenters. The molecule has 2 rings (SSSR count). The van der Waals surface area contributed by atoms with Crippen LogP contribution < -0.4 is 5.69 Å². The van der Waals surface area contributed by atoms with Crippen molar-refractivity contribution in [2.24, 2.45) is 0 Å². The number of aromatic amines is 2. The van der Waals surface area contributed by atoms with Crippen LogP contribution in [0.1, 0.15) is 5.76 Å². The van der Waals surface area contributed by atoms with E-state index in [9.17, 15) is 4.79 Å². The normalized spacial score (nSPS) is 10.5. The summed E-state index contributed by atoms with van der Waals surface area (Å²) in [5.41, 5.74) is -0.290. The first-order chi connectivity index (χ1) is 6.27. The lowest BCUT2D eigenvalue weighted by Gasteiger charge is -1.93. The summed E-state index contributed by atoms with van der Waals surface area (Å²) in [5.74, 6) is 0.584. The Morgan fingerprint density at radius 3 is 3.00 bits per heavy atom. The number of nitrogens with zero attached hydrogens (tertiary/aromatic N) is 2. The smallest absolute Gasteiger partial charge is 0.342 e. The minimum Gasteiger partial charge on any atom is -0.359 e. The predicted octanol–water partition coefficient (Wildman–Crippen LogP) is 0.270. The second-order valence-corrected chi connectivity index (χ2v) is 2.81. The van der Waals surface area contributed by atoms with Crippen LogP contribution in [0, 0.1) is 4.77 Å². The van der Waals surface area contributed by atoms with Gasteiger partial charge in [-0.05, 0) is 12.2 Å². The molecule has 0 fully saturated rings. The van der Waals surface area contributed by atoms with Crippen molar-refractivity contribution < 1.29 is 4.52 Å². The van der Waals surface area contributed by atoms with Crippen LogP contribution in [0.4, 0.5) is 0 Å². The summed E-state index contributed by atoms with van der Waals surface area (Å²) in [6.07, 6.45) is 1.51. The average molecular weight is 198 g/mol. The van der Waals surface area contributed by atoms with Gasteiger partial charge in [0.05, 0.1) is 12.7 Å². The third-order valence-electron chi connectivity index (χ3n) is 1.57. The van der Waals surface area contributed by atoms with E-state index in [1.54, 1.807) is 6.07 Å². The summed E-state index contributed by atoms with van der Waals surface area (Å²) in [4.78, 5) is 11.1. The lowest BCUT2D eigenvalue weighted by atomic mass is 10.4. The van der Waals surface area contributed by atoms with Gasteiger partial charge in [-0.15, -0.1) is 0 Å². The van der Waals surface area contributed by atoms with Gasteiger partial charge in [0.25, 0.3) is 0 Å². The van der Waals surface area contributed by atoms with Gasteiger partial charge in [0.15, 0.2) is 10.5 Å². The maximum Gasteiger partial charge on any atom is 0.342 e. The van der Waals surface area contributed by atoms with E-state index in [2.05, 4.69) is 15.4 Å². The molecule has 0 unspecified atom stereocenters. The molecule has 68 valence electrons. The van der Waals surface area contributed by atoms with Crippen LogP contribution >= 0.6 is 12.2 Å². The van der Waals surface area contributed by atoms with Crippen molar-refractivity contribution in [1.82, 2.24) is 19.9 Å². The molecule has 2 heterocycles. The third-order valence-corrected chi connectivity index (χ3v) is 1.89. The van der Waals surface area contributed by atoms with E-state index in [1.165, 1.54) is 10.8 Å². The Kier molecular flexibility index (Phi) is 1.85. The minimum absolute atomic E-state index is 0.289. The molecule has 0 aliphatic heterocycles. The first-order valence-electron chi connectivity index (χ1n) is 3.54. The number of aromatic nitrogens is 4. The Bertz CT molecular complexity index is 464. The number of H-pyrrole nitrogens is 2. The summed E-state index contributed by atoms with van der Waals surface area (Å²) < 4.78 is 6.51. The zero-order valence-corrected chi connectivity index (χ0v) is 7.30. The molecule has 0 bridgehead atoms. The summed E-state index contributed by atoms with van der Waals surface area (Å²) in [6.45, 7) is 0.289. The predicted molar refractivity (Wildman–Crippen MR) is 45.8 cm³/mol. The Balaban J connectivity index is 2.38. The summed E-state index contributed by atoms with van der Waals surface area (Å²) in [7, 11) is 0. The largest absolute Gasteiger partial charge is 0.359 e. The van der Waals surface area contributed by atoms with E-state index in [-0.39, 0.29) is 12.2 Å². The van der Waals surface area contributed by atoms with Crippen LogP contribution in [0.2, 0.25) is 0 Å². The highest BCUT2D eigenvalue weighted by molar-refractivity contribution is 7.71. The summed E-state index contributed by atoms with van der Waals surface area (Å²) in [6, 6.07) is 1.67. The number of rotatable bonds is 2. The zero-order valence-electron chi connectivity index (χ0n) is 6.48. The highest BCUT2D eigenvalue weighted by Crippen LogP contribution is 1.98. The quantitative estimate of drug-likeness (QED) is 0.679. The molecule has 0 saturated carbocycles. The second-order valence-electron chi connectivity index (χ2n) is 2.43. The molecule has 13 heavy (non-hydrogen) atoms. The van der Waals surface area contributed by atoms with E-state index < -0.39 is 0 Å². The molecule has 0 saturated heterocycles. The van der Waals surface area contributed by atoms with Crippen molar-refractivity contribution in [1.29, 1.82) is 0 Å². The van der Waals surface area contributed by atoms with E-state index in [0.717, 1.165) is 0 Å². The third kappa shape index (κ3) is 1.45. The molecule has 0 amide bonds. The van der Waals surface area contributed by atoms with Crippen molar-refractivity contribution in [2.45, 2.75) is 6.54 Å². The highest BCUT2D eigenvalue weighted by atomic mass is 32.1. The van der Waals surface area contributed by atoms with Gasteiger partial charge in [-0.25, -0.2) is 9.89 Å². The number of nitrogens with one attached hydrogen (secondary N) is 2. The van der Waals surface area contributed by atoms with Crippen LogP contribution in [-0.4, -0.2) is 19.9 Å². The second kappa shape index (κ2) is 3.02. The standard InChI is InChI=1S/C6H6N4O2S/c11-5-8-9-6(13)10(5)3-4-1-2-7-12-4/h1-2H,3H2,(H,8,11)(H,9,13). The topological polar surface area (TPSA) is 79.6 Å². The molecule has 0 aromatic carbocycles. The van der Waals surface area contributed by atoms with Crippen LogP contribution in [0.15, 0.2) is 21.6 Å². The van der Waals surface area contributed by atoms with Gasteiger partial charge in [0.1, 0.15) is 0 Å². The minimum atomic E-state index is -0.290. The number of hydrogen-bond acceptors (Lipinski definition) is 4. The van der Waals surface area contributed by atoms with Gasteiger partial charge in [0, 0.05) is 6.07 Å². The molecular weight excluding hydrogens is 192 g/mol. The molecule has 0 aliphatic rings. The van der Waals surface area contributed by atoms with Gasteiger partial charge < -0.3 is 4.52 Å². The van der Waals surface area contributed by atoms with Gasteiger partial charge in [0.2, 0.25) is 0 Å². The van der Waals surface area contributed by atoms with Crippen LogP contribution in [0.3, 0.4) is 0 Å². The van der Waals surface area contributed by atoms with Crippen molar-refractivity contribution in [2.75, 3.05) is 0 Å². The Morgan fingerprint density at radius 2 is 2.46 bits per heavy atom. The lowest BCUT2D eigenvalue weighted by molar-refractivity contribution is 0.374. The monoisotopic (exact) mass is 198 g/mol. The first-order valence-corrected chi connectivity index (χ1v) is 3.95. The molecule has 2 aromatic rings. The maximum absolute atomic E-state index is 11.1. The zero-order chi connectivity index (χ0) is 9.26. The average Bonchev–Trinajstić information content (AvgIpc) is 2.70. The molecule has 7 heteroatoms. The fourth-order valence-corrected chi connectivity index (χ4v) is 1.16. The summed E-state index contributed by atoms with van der Waals surface area (Å²) >= 11 is 4.86. The van der Waals surface area contributed by atoms with Gasteiger partial charge in [-0.2, -0.15) is 0 Å². The Hall–Kier alpha value is -1.63. The fourth-order valence-electron chi connectivity index (χ4n) is 0.957. The fraction of sp³-hybridized carbons (Fsp3) is 0.167. The first kappa shape index (κ1) is 7.99. The van der Waals surface area contributed by atoms with Crippen molar-refractivity contribution in [3.63, 3.8) is 0 Å². The number of hydrogen-bond donors (Lipinski definition) is 2. The van der Waals surface area contributed by atoms with E-state index in [1.807, 2.05) is 0 Å². The lowest BCUT2D eigenvalue weighted by Crippen LogP contribution is -2.17. The van der Waals surface area contributed by atoms with E-state index in [4.69, 9.17) is 16.7 Å². The van der Waals surface area contributed by atoms with Crippen molar-refractivity contribution in [3.8, 4) is 0 Å². The van der Waals surface area contributed by atoms with Crippen LogP contribution in [0.5, 0.6) is 0 Å². The van der Waals surface area contributed by atoms with Gasteiger partial charge >= 0.3 is 5.69 Å². The van der Waals surface area contributed by atoms with Gasteiger partial charge in [-0.1, -0.05) is 5.16 Å². The van der Waals surface area contributed by atoms with Crippen molar-refractivity contribution >= 4 is 12.2 Å². The van der Waals surface area contributed by atoms with Crippen LogP contribution in [-0.2, 0) is 6.54 Å². The van der Waals surface area contributed by atoms with Crippen molar-refractivity contribution in [3.05, 3.63) is 33.3 Å². The SMILES string of the molecule is O=c1[nH][nH]c(=S)n1Cc1ccno1. The molecule has 0 spiro atoms. The molecule has 0 aliphatic carbocycles. The molecule has 6 nitrogen and oxygen atoms in total. The molecule has 0 radical (unpaired) electrons. The maximum atomic E-state index is 11.1. The van der Waals surface area contributed by atoms with Gasteiger partial charge in [-0.3, -0.25) is 9.67 Å². The molecule has 2 aromatic heterocycles. The highest BCUT2D eigenvalue weighted by Gasteiger charge is 2.03. The summed E-state index contributed by atoms with van der Waals surface area (Å²) in [5, 5.41) is 8.41. The van der Waals surface area contributed by atoms with Crippen LogP contribution in [0.25, 0.3) is 0 Å². The van der Waals surface area contributed by atoms with E-state index in [0.29, 0.717) is 10.5 Å².